The van der Waals surface area contributed by atoms with Gasteiger partial charge in [0.15, 0.2) is 0 Å². The molecule has 2 aliphatic heterocycles. The Labute approximate surface area is 168 Å². The number of likely N-dealkylation sites (tertiary alicyclic amines) is 2. The van der Waals surface area contributed by atoms with Crippen molar-refractivity contribution in [3.8, 4) is 5.75 Å². The standard InChI is InChI=1S/C22H33N3O3/c1-3-4-14-25-20(26)12-11-18(22(27)24-13-7-8-16(23)15-24)21(25)17-9-5-6-10-19(17)28-2/h5-6,9-10,16,18,21H,3-4,7-8,11-15,23H2,1-2H3. The number of rotatable bonds is 6. The van der Waals surface area contributed by atoms with E-state index in [1.165, 1.54) is 0 Å². The van der Waals surface area contributed by atoms with Crippen LogP contribution < -0.4 is 10.5 Å². The van der Waals surface area contributed by atoms with Gasteiger partial charge in [-0.3, -0.25) is 9.59 Å². The second kappa shape index (κ2) is 9.41. The van der Waals surface area contributed by atoms with Crippen molar-refractivity contribution in [1.82, 2.24) is 9.80 Å². The van der Waals surface area contributed by atoms with Crippen LogP contribution in [0.2, 0.25) is 0 Å². The number of nitrogens with zero attached hydrogens (tertiary/aromatic N) is 2. The SMILES string of the molecule is CCCCN1C(=O)CCC(C(=O)N2CCCC(N)C2)C1c1ccccc1OC. The first kappa shape index (κ1) is 20.6. The number of carbonyl (C=O) groups is 2. The van der Waals surface area contributed by atoms with E-state index in [0.717, 1.165) is 43.5 Å². The largest absolute Gasteiger partial charge is 0.496 e. The van der Waals surface area contributed by atoms with Crippen molar-refractivity contribution in [2.75, 3.05) is 26.7 Å². The van der Waals surface area contributed by atoms with Crippen LogP contribution in [0.1, 0.15) is 57.1 Å². The highest BCUT2D eigenvalue weighted by Gasteiger charge is 2.43. The first-order valence-corrected chi connectivity index (χ1v) is 10.5. The van der Waals surface area contributed by atoms with Gasteiger partial charge in [0, 0.05) is 37.7 Å². The maximum atomic E-state index is 13.5. The smallest absolute Gasteiger partial charge is 0.228 e. The summed E-state index contributed by atoms with van der Waals surface area (Å²) in [7, 11) is 1.64. The molecule has 2 N–H and O–H groups in total. The zero-order chi connectivity index (χ0) is 20.1. The van der Waals surface area contributed by atoms with Crippen LogP contribution in [0.4, 0.5) is 0 Å². The van der Waals surface area contributed by atoms with Gasteiger partial charge in [0.1, 0.15) is 5.75 Å². The molecule has 6 heteroatoms. The quantitative estimate of drug-likeness (QED) is 0.814. The second-order valence-electron chi connectivity index (χ2n) is 7.96. The van der Waals surface area contributed by atoms with E-state index in [1.54, 1.807) is 7.11 Å². The highest BCUT2D eigenvalue weighted by atomic mass is 16.5. The van der Waals surface area contributed by atoms with Crippen molar-refractivity contribution in [3.05, 3.63) is 29.8 Å². The van der Waals surface area contributed by atoms with Crippen LogP contribution in [0.3, 0.4) is 0 Å². The van der Waals surface area contributed by atoms with Gasteiger partial charge < -0.3 is 20.3 Å². The van der Waals surface area contributed by atoms with E-state index in [4.69, 9.17) is 10.5 Å². The fraction of sp³-hybridized carbons (Fsp3) is 0.636. The van der Waals surface area contributed by atoms with Crippen LogP contribution >= 0.6 is 0 Å². The Morgan fingerprint density at radius 1 is 1.29 bits per heavy atom. The Kier molecular flexibility index (Phi) is 6.94. The Morgan fingerprint density at radius 3 is 2.79 bits per heavy atom. The normalized spacial score (nSPS) is 25.7. The highest BCUT2D eigenvalue weighted by Crippen LogP contribution is 2.41. The molecule has 2 aliphatic rings. The van der Waals surface area contributed by atoms with E-state index in [9.17, 15) is 9.59 Å². The number of nitrogens with two attached hydrogens (primary N) is 1. The van der Waals surface area contributed by atoms with Crippen molar-refractivity contribution in [2.45, 2.75) is 57.5 Å². The van der Waals surface area contributed by atoms with Gasteiger partial charge >= 0.3 is 0 Å². The number of methoxy groups -OCH3 is 1. The predicted molar refractivity (Wildman–Crippen MR) is 109 cm³/mol. The van der Waals surface area contributed by atoms with Gasteiger partial charge in [0.2, 0.25) is 11.8 Å². The van der Waals surface area contributed by atoms with Crippen LogP contribution in [-0.2, 0) is 9.59 Å². The molecular weight excluding hydrogens is 354 g/mol. The summed E-state index contributed by atoms with van der Waals surface area (Å²) in [5.74, 6) is 0.733. The lowest BCUT2D eigenvalue weighted by atomic mass is 9.82. The Bertz CT molecular complexity index is 693. The molecule has 3 atom stereocenters. The molecule has 3 unspecified atom stereocenters. The van der Waals surface area contributed by atoms with Crippen LogP contribution in [0.25, 0.3) is 0 Å². The molecular formula is C22H33N3O3. The Morgan fingerprint density at radius 2 is 2.07 bits per heavy atom. The molecule has 2 amide bonds. The molecule has 28 heavy (non-hydrogen) atoms. The fourth-order valence-corrected chi connectivity index (χ4v) is 4.54. The third kappa shape index (κ3) is 4.32. The van der Waals surface area contributed by atoms with Crippen molar-refractivity contribution in [1.29, 1.82) is 0 Å². The molecule has 3 rings (SSSR count). The summed E-state index contributed by atoms with van der Waals surface area (Å²) in [6, 6.07) is 7.53. The van der Waals surface area contributed by atoms with Crippen LogP contribution in [0.15, 0.2) is 24.3 Å². The zero-order valence-electron chi connectivity index (χ0n) is 17.1. The third-order valence-corrected chi connectivity index (χ3v) is 6.00. The van der Waals surface area contributed by atoms with Gasteiger partial charge in [-0.2, -0.15) is 0 Å². The van der Waals surface area contributed by atoms with Crippen LogP contribution in [-0.4, -0.2) is 54.4 Å². The second-order valence-corrected chi connectivity index (χ2v) is 7.96. The molecule has 6 nitrogen and oxygen atoms in total. The maximum Gasteiger partial charge on any atom is 0.228 e. The lowest BCUT2D eigenvalue weighted by Crippen LogP contribution is -2.53. The van der Waals surface area contributed by atoms with Crippen LogP contribution in [0.5, 0.6) is 5.75 Å². The molecule has 0 bridgehead atoms. The summed E-state index contributed by atoms with van der Waals surface area (Å²) in [6.45, 7) is 4.15. The molecule has 0 aromatic heterocycles. The van der Waals surface area contributed by atoms with Gasteiger partial charge in [0.05, 0.1) is 19.1 Å². The molecule has 0 aliphatic carbocycles. The lowest BCUT2D eigenvalue weighted by Gasteiger charge is -2.43. The number of amides is 2. The van der Waals surface area contributed by atoms with E-state index in [-0.39, 0.29) is 29.8 Å². The molecule has 0 saturated carbocycles. The molecule has 0 spiro atoms. The third-order valence-electron chi connectivity index (χ3n) is 6.00. The van der Waals surface area contributed by atoms with E-state index in [2.05, 4.69) is 6.92 Å². The van der Waals surface area contributed by atoms with E-state index in [0.29, 0.717) is 25.9 Å². The van der Waals surface area contributed by atoms with E-state index in [1.807, 2.05) is 34.1 Å². The van der Waals surface area contributed by atoms with Crippen molar-refractivity contribution < 1.29 is 14.3 Å². The predicted octanol–water partition coefficient (Wildman–Crippen LogP) is 2.72. The van der Waals surface area contributed by atoms with Crippen molar-refractivity contribution in [3.63, 3.8) is 0 Å². The van der Waals surface area contributed by atoms with Gasteiger partial charge in [0.25, 0.3) is 0 Å². The number of hydrogen-bond donors (Lipinski definition) is 1. The highest BCUT2D eigenvalue weighted by molar-refractivity contribution is 5.85. The number of piperidine rings is 2. The summed E-state index contributed by atoms with van der Waals surface area (Å²) < 4.78 is 5.59. The molecule has 1 aromatic carbocycles. The summed E-state index contributed by atoms with van der Waals surface area (Å²) in [6.07, 6.45) is 4.83. The number of para-hydroxylation sites is 1. The number of benzene rings is 1. The molecule has 2 heterocycles. The molecule has 2 saturated heterocycles. The average Bonchev–Trinajstić information content (AvgIpc) is 2.72. The summed E-state index contributed by atoms with van der Waals surface area (Å²) >= 11 is 0. The van der Waals surface area contributed by atoms with Crippen molar-refractivity contribution in [2.24, 2.45) is 11.7 Å². The minimum atomic E-state index is -0.283. The Hall–Kier alpha value is -2.08. The average molecular weight is 388 g/mol. The number of hydrogen-bond acceptors (Lipinski definition) is 4. The number of unbranched alkanes of at least 4 members (excludes halogenated alkanes) is 1. The monoisotopic (exact) mass is 387 g/mol. The summed E-state index contributed by atoms with van der Waals surface area (Å²) in [5, 5.41) is 0. The zero-order valence-corrected chi connectivity index (χ0v) is 17.1. The van der Waals surface area contributed by atoms with E-state index >= 15 is 0 Å². The first-order chi connectivity index (χ1) is 13.6. The minimum Gasteiger partial charge on any atom is -0.496 e. The fourth-order valence-electron chi connectivity index (χ4n) is 4.54. The maximum absolute atomic E-state index is 13.5. The van der Waals surface area contributed by atoms with Gasteiger partial charge in [-0.1, -0.05) is 31.5 Å². The summed E-state index contributed by atoms with van der Waals surface area (Å²) in [5.41, 5.74) is 7.05. The van der Waals surface area contributed by atoms with Crippen LogP contribution in [0, 0.1) is 5.92 Å². The van der Waals surface area contributed by atoms with Crippen molar-refractivity contribution >= 4 is 11.8 Å². The van der Waals surface area contributed by atoms with E-state index < -0.39 is 0 Å². The first-order valence-electron chi connectivity index (χ1n) is 10.5. The lowest BCUT2D eigenvalue weighted by molar-refractivity contribution is -0.149. The molecule has 1 aromatic rings. The number of carbonyl (C=O) groups excluding carboxylic acids is 2. The minimum absolute atomic E-state index is 0.0452. The van der Waals surface area contributed by atoms with Gasteiger partial charge in [-0.25, -0.2) is 0 Å². The summed E-state index contributed by atoms with van der Waals surface area (Å²) in [4.78, 5) is 30.1. The Balaban J connectivity index is 1.96. The van der Waals surface area contributed by atoms with Gasteiger partial charge in [-0.05, 0) is 31.7 Å². The van der Waals surface area contributed by atoms with Gasteiger partial charge in [-0.15, -0.1) is 0 Å². The molecule has 154 valence electrons. The molecule has 2 fully saturated rings. The number of ether oxygens (including phenoxy) is 1. The topological polar surface area (TPSA) is 75.9 Å². The molecule has 0 radical (unpaired) electrons.